The molecule has 1 amide bonds. The first-order chi connectivity index (χ1) is 17.6. The second-order valence-electron chi connectivity index (χ2n) is 9.14. The number of aryl methyl sites for hydroxylation is 2. The third-order valence-electron chi connectivity index (χ3n) is 6.00. The molecule has 4 rings (SSSR count). The Morgan fingerprint density at radius 1 is 1.08 bits per heavy atom. The van der Waals surface area contributed by atoms with Crippen molar-refractivity contribution in [2.24, 2.45) is 0 Å². The minimum Gasteiger partial charge on any atom is -0.489 e. The molecule has 2 unspecified atom stereocenters. The minimum absolute atomic E-state index is 0.0853. The van der Waals surface area contributed by atoms with Crippen LogP contribution in [0.1, 0.15) is 40.5 Å². The lowest BCUT2D eigenvalue weighted by molar-refractivity contribution is -0.118. The van der Waals surface area contributed by atoms with Gasteiger partial charge in [0.25, 0.3) is 0 Å². The highest BCUT2D eigenvalue weighted by Gasteiger charge is 2.30. The molecule has 2 atom stereocenters. The number of carbonyl (C=O) groups is 1. The first kappa shape index (κ1) is 26.8. The Hall–Kier alpha value is -3.24. The Morgan fingerprint density at radius 2 is 1.84 bits per heavy atom. The Bertz CT molecular complexity index is 1400. The first-order valence-electron chi connectivity index (χ1n) is 11.9. The summed E-state index contributed by atoms with van der Waals surface area (Å²) >= 11 is 0. The van der Waals surface area contributed by atoms with Crippen LogP contribution in [0.4, 0.5) is 0 Å². The lowest BCUT2D eigenvalue weighted by Gasteiger charge is -2.14. The highest BCUT2D eigenvalue weighted by molar-refractivity contribution is 7.90. The van der Waals surface area contributed by atoms with Crippen LogP contribution in [0.5, 0.6) is 11.6 Å². The summed E-state index contributed by atoms with van der Waals surface area (Å²) in [6.07, 6.45) is 1.86. The molecule has 37 heavy (non-hydrogen) atoms. The first-order valence-corrected chi connectivity index (χ1v) is 15.2. The average Bonchev–Trinajstić information content (AvgIpc) is 3.18. The Kier molecular flexibility index (Phi) is 8.29. The molecule has 0 spiro atoms. The molecule has 1 saturated heterocycles. The van der Waals surface area contributed by atoms with Crippen LogP contribution in [-0.2, 0) is 32.2 Å². The van der Waals surface area contributed by atoms with Crippen molar-refractivity contribution < 1.29 is 26.9 Å². The maximum absolute atomic E-state index is 12.0. The van der Waals surface area contributed by atoms with Gasteiger partial charge in [0.15, 0.2) is 0 Å². The van der Waals surface area contributed by atoms with Crippen LogP contribution < -0.4 is 14.2 Å². The Labute approximate surface area is 219 Å². The van der Waals surface area contributed by atoms with Gasteiger partial charge in [-0.15, -0.1) is 0 Å². The average molecular weight is 543 g/mol. The number of carbonyl (C=O) groups excluding carboxylic acids is 1. The van der Waals surface area contributed by atoms with Crippen LogP contribution in [0.3, 0.4) is 0 Å². The quantitative estimate of drug-likeness (QED) is 0.386. The molecule has 0 saturated carbocycles. The highest BCUT2D eigenvalue weighted by Crippen LogP contribution is 2.31. The number of aromatic nitrogens is 1. The van der Waals surface area contributed by atoms with Gasteiger partial charge < -0.3 is 9.47 Å². The fraction of sp³-hybridized carbons (Fsp3) is 0.333. The number of hydrogen-bond acceptors (Lipinski definition) is 7. The summed E-state index contributed by atoms with van der Waals surface area (Å²) in [6.45, 7) is 4.59. The van der Waals surface area contributed by atoms with Crippen molar-refractivity contribution in [3.8, 4) is 22.8 Å². The fourth-order valence-corrected chi connectivity index (χ4v) is 6.08. The zero-order valence-electron chi connectivity index (χ0n) is 21.0. The molecular weight excluding hydrogens is 512 g/mol. The van der Waals surface area contributed by atoms with Crippen molar-refractivity contribution in [3.05, 3.63) is 77.0 Å². The second kappa shape index (κ2) is 11.4. The van der Waals surface area contributed by atoms with E-state index in [0.29, 0.717) is 31.3 Å². The van der Waals surface area contributed by atoms with Crippen molar-refractivity contribution >= 4 is 26.7 Å². The van der Waals surface area contributed by atoms with E-state index in [4.69, 9.17) is 9.47 Å². The van der Waals surface area contributed by atoms with Crippen LogP contribution >= 0.6 is 0 Å². The molecule has 0 aliphatic carbocycles. The SMILES string of the molecule is Cc1cc(OCCCS(C)(=O)=O)nc(C)c1-c1cccc(COc2ccc(C3CC(=O)NS3=O)cc2)c1. The van der Waals surface area contributed by atoms with E-state index in [-0.39, 0.29) is 23.3 Å². The summed E-state index contributed by atoms with van der Waals surface area (Å²) in [5, 5.41) is -0.331. The third kappa shape index (κ3) is 7.17. The highest BCUT2D eigenvalue weighted by atomic mass is 32.2. The van der Waals surface area contributed by atoms with Gasteiger partial charge in [0.05, 0.1) is 17.6 Å². The molecule has 1 aromatic heterocycles. The van der Waals surface area contributed by atoms with Gasteiger partial charge in [-0.3, -0.25) is 9.52 Å². The number of nitrogens with one attached hydrogen (secondary N) is 1. The number of pyridine rings is 1. The minimum atomic E-state index is -3.01. The van der Waals surface area contributed by atoms with Crippen LogP contribution in [0.15, 0.2) is 54.6 Å². The van der Waals surface area contributed by atoms with Gasteiger partial charge in [-0.25, -0.2) is 17.6 Å². The van der Waals surface area contributed by atoms with Gasteiger partial charge in [-0.2, -0.15) is 0 Å². The number of hydrogen-bond donors (Lipinski definition) is 1. The molecule has 2 heterocycles. The number of nitrogens with zero attached hydrogens (tertiary/aromatic N) is 1. The molecule has 1 N–H and O–H groups in total. The van der Waals surface area contributed by atoms with Gasteiger partial charge >= 0.3 is 0 Å². The molecule has 196 valence electrons. The maximum atomic E-state index is 12.0. The third-order valence-corrected chi connectivity index (χ3v) is 8.41. The van der Waals surface area contributed by atoms with Crippen LogP contribution in [0.2, 0.25) is 0 Å². The summed E-state index contributed by atoms with van der Waals surface area (Å²) in [5.74, 6) is 1.05. The van der Waals surface area contributed by atoms with Crippen LogP contribution in [0, 0.1) is 13.8 Å². The molecule has 2 aromatic carbocycles. The van der Waals surface area contributed by atoms with Crippen molar-refractivity contribution in [2.45, 2.75) is 38.5 Å². The van der Waals surface area contributed by atoms with E-state index in [1.165, 1.54) is 6.26 Å². The number of rotatable bonds is 10. The molecule has 8 nitrogen and oxygen atoms in total. The Morgan fingerprint density at radius 3 is 2.49 bits per heavy atom. The van der Waals surface area contributed by atoms with Gasteiger partial charge in [0.2, 0.25) is 11.8 Å². The van der Waals surface area contributed by atoms with Gasteiger partial charge in [0, 0.05) is 30.0 Å². The molecule has 0 radical (unpaired) electrons. The standard InChI is InChI=1S/C27H30N2O6S2/c1-18-14-26(34-12-5-13-37(3,32)33)28-19(2)27(18)22-7-4-6-20(15-22)17-35-23-10-8-21(9-11-23)24-16-25(30)29-36(24)31/h4,6-11,14-15,24H,5,12-13,16-17H2,1-3H3,(H,29,30). The second-order valence-corrected chi connectivity index (χ2v) is 12.8. The predicted octanol–water partition coefficient (Wildman–Crippen LogP) is 3.98. The largest absolute Gasteiger partial charge is 0.489 e. The molecular formula is C27H30N2O6S2. The fourth-order valence-electron chi connectivity index (χ4n) is 4.28. The van der Waals surface area contributed by atoms with Crippen molar-refractivity contribution in [1.29, 1.82) is 0 Å². The molecule has 1 aliphatic heterocycles. The monoisotopic (exact) mass is 542 g/mol. The van der Waals surface area contributed by atoms with Crippen LogP contribution in [0.25, 0.3) is 11.1 Å². The van der Waals surface area contributed by atoms with E-state index in [9.17, 15) is 17.4 Å². The summed E-state index contributed by atoms with van der Waals surface area (Å²) in [7, 11) is -4.40. The number of sulfone groups is 1. The maximum Gasteiger partial charge on any atom is 0.233 e. The molecule has 0 bridgehead atoms. The van der Waals surface area contributed by atoms with Gasteiger partial charge in [-0.05, 0) is 60.7 Å². The zero-order chi connectivity index (χ0) is 26.6. The van der Waals surface area contributed by atoms with Gasteiger partial charge in [0.1, 0.15) is 33.2 Å². The van der Waals surface area contributed by atoms with E-state index in [2.05, 4.69) is 15.8 Å². The number of ether oxygens (including phenoxy) is 2. The number of amides is 1. The topological polar surface area (TPSA) is 112 Å². The lowest BCUT2D eigenvalue weighted by atomic mass is 9.98. The molecule has 3 aromatic rings. The zero-order valence-corrected chi connectivity index (χ0v) is 22.7. The van der Waals surface area contributed by atoms with Crippen molar-refractivity contribution in [1.82, 2.24) is 9.71 Å². The van der Waals surface area contributed by atoms with Gasteiger partial charge in [-0.1, -0.05) is 30.3 Å². The Balaban J connectivity index is 1.40. The summed E-state index contributed by atoms with van der Waals surface area (Å²) in [4.78, 5) is 16.0. The van der Waals surface area contributed by atoms with Crippen LogP contribution in [-0.4, -0.2) is 42.1 Å². The molecule has 1 aliphatic rings. The summed E-state index contributed by atoms with van der Waals surface area (Å²) in [6, 6.07) is 17.3. The van der Waals surface area contributed by atoms with E-state index < -0.39 is 20.8 Å². The van der Waals surface area contributed by atoms with Crippen molar-refractivity contribution in [3.63, 3.8) is 0 Å². The molecule has 1 fully saturated rings. The van der Waals surface area contributed by atoms with E-state index >= 15 is 0 Å². The number of benzene rings is 2. The predicted molar refractivity (Wildman–Crippen MR) is 143 cm³/mol. The van der Waals surface area contributed by atoms with E-state index in [0.717, 1.165) is 33.5 Å². The van der Waals surface area contributed by atoms with E-state index in [1.54, 1.807) is 0 Å². The van der Waals surface area contributed by atoms with E-state index in [1.807, 2.05) is 62.4 Å². The van der Waals surface area contributed by atoms with Crippen molar-refractivity contribution in [2.75, 3.05) is 18.6 Å². The normalized spacial score (nSPS) is 17.4. The smallest absolute Gasteiger partial charge is 0.233 e. The summed E-state index contributed by atoms with van der Waals surface area (Å²) < 4.78 is 48.7. The lowest BCUT2D eigenvalue weighted by Crippen LogP contribution is -2.15. The summed E-state index contributed by atoms with van der Waals surface area (Å²) in [5.41, 5.74) is 5.70. The molecule has 10 heteroatoms.